The van der Waals surface area contributed by atoms with Crippen LogP contribution in [0, 0.1) is 0 Å². The number of hydrogen-bond acceptors (Lipinski definition) is 4. The fourth-order valence-corrected chi connectivity index (χ4v) is 4.10. The summed E-state index contributed by atoms with van der Waals surface area (Å²) in [5, 5.41) is 0.542. The molecular weight excluding hydrogens is 304 g/mol. The third-order valence-corrected chi connectivity index (χ3v) is 6.08. The first kappa shape index (κ1) is 14.5. The molecule has 21 heavy (non-hydrogen) atoms. The summed E-state index contributed by atoms with van der Waals surface area (Å²) in [4.78, 5) is 0.369. The molecule has 5 heteroatoms. The average molecular weight is 320 g/mol. The molecule has 2 aromatic rings. The molecule has 0 radical (unpaired) electrons. The molecule has 1 fully saturated rings. The number of thioether (sulfide) groups is 1. The molecule has 1 saturated heterocycles. The van der Waals surface area contributed by atoms with Crippen LogP contribution in [0.4, 0.5) is 0 Å². The summed E-state index contributed by atoms with van der Waals surface area (Å²) in [6.45, 7) is 0. The van der Waals surface area contributed by atoms with Crippen LogP contribution in [-0.4, -0.2) is 25.2 Å². The summed E-state index contributed by atoms with van der Waals surface area (Å²) in [6.07, 6.45) is 0.745. The van der Waals surface area contributed by atoms with Crippen LogP contribution in [0.15, 0.2) is 59.5 Å². The maximum Gasteiger partial charge on any atom is 0.178 e. The quantitative estimate of drug-likeness (QED) is 0.760. The van der Waals surface area contributed by atoms with Crippen LogP contribution in [0.1, 0.15) is 6.42 Å². The molecule has 0 bridgehead atoms. The molecule has 110 valence electrons. The van der Waals surface area contributed by atoms with Gasteiger partial charge < -0.3 is 4.74 Å². The van der Waals surface area contributed by atoms with Crippen molar-refractivity contribution in [1.29, 1.82) is 0 Å². The fraction of sp³-hybridized carbons (Fsp3) is 0.250. The Hall–Kier alpha value is -1.46. The first-order valence-corrected chi connectivity index (χ1v) is 9.51. The largest absolute Gasteiger partial charge is 0.457 e. The number of rotatable bonds is 6. The molecule has 0 aliphatic carbocycles. The van der Waals surface area contributed by atoms with Gasteiger partial charge >= 0.3 is 0 Å². The second-order valence-corrected chi connectivity index (χ2v) is 8.39. The van der Waals surface area contributed by atoms with E-state index in [1.165, 1.54) is 0 Å². The second kappa shape index (κ2) is 6.12. The molecule has 0 spiro atoms. The molecule has 0 saturated carbocycles. The van der Waals surface area contributed by atoms with Crippen LogP contribution < -0.4 is 4.74 Å². The van der Waals surface area contributed by atoms with E-state index in [-0.39, 0.29) is 5.75 Å². The zero-order chi connectivity index (χ0) is 14.7. The smallest absolute Gasteiger partial charge is 0.178 e. The van der Waals surface area contributed by atoms with E-state index >= 15 is 0 Å². The molecule has 1 aliphatic heterocycles. The summed E-state index contributed by atoms with van der Waals surface area (Å²) < 4.78 is 30.0. The zero-order valence-corrected chi connectivity index (χ0v) is 13.1. The Morgan fingerprint density at radius 3 is 2.24 bits per heavy atom. The number of benzene rings is 2. The molecule has 3 nitrogen and oxygen atoms in total. The van der Waals surface area contributed by atoms with Crippen LogP contribution in [0.2, 0.25) is 0 Å². The fourth-order valence-electron chi connectivity index (χ4n) is 1.98. The third-order valence-electron chi connectivity index (χ3n) is 3.27. The maximum atomic E-state index is 12.2. The third kappa shape index (κ3) is 4.02. The topological polar surface area (TPSA) is 43.4 Å². The van der Waals surface area contributed by atoms with Crippen molar-refractivity contribution in [1.82, 2.24) is 0 Å². The van der Waals surface area contributed by atoms with Gasteiger partial charge in [-0.2, -0.15) is 11.8 Å². The summed E-state index contributed by atoms with van der Waals surface area (Å²) >= 11 is 1.82. The van der Waals surface area contributed by atoms with Gasteiger partial charge in [0.15, 0.2) is 9.84 Å². The molecule has 3 rings (SSSR count). The lowest BCUT2D eigenvalue weighted by molar-refractivity contribution is 0.482. The van der Waals surface area contributed by atoms with Crippen molar-refractivity contribution >= 4 is 21.6 Å². The highest BCUT2D eigenvalue weighted by Crippen LogP contribution is 2.34. The van der Waals surface area contributed by atoms with Crippen molar-refractivity contribution < 1.29 is 13.2 Å². The van der Waals surface area contributed by atoms with Gasteiger partial charge in [0.05, 0.1) is 10.6 Å². The normalized spacial score (nSPS) is 17.4. The molecule has 0 N–H and O–H groups in total. The van der Waals surface area contributed by atoms with Crippen LogP contribution in [0.3, 0.4) is 0 Å². The SMILES string of the molecule is O=S(=O)(CCC1CS1)c1ccc(Oc2ccccc2)cc1. The van der Waals surface area contributed by atoms with Gasteiger partial charge in [-0.25, -0.2) is 8.42 Å². The van der Waals surface area contributed by atoms with E-state index in [9.17, 15) is 8.42 Å². The molecule has 1 unspecified atom stereocenters. The molecule has 1 aliphatic rings. The van der Waals surface area contributed by atoms with Crippen LogP contribution in [-0.2, 0) is 9.84 Å². The van der Waals surface area contributed by atoms with Crippen molar-refractivity contribution in [2.24, 2.45) is 0 Å². The van der Waals surface area contributed by atoms with E-state index in [2.05, 4.69) is 0 Å². The summed E-state index contributed by atoms with van der Waals surface area (Å²) in [7, 11) is -3.17. The number of sulfone groups is 1. The summed E-state index contributed by atoms with van der Waals surface area (Å²) in [5.41, 5.74) is 0. The molecule has 0 amide bonds. The van der Waals surface area contributed by atoms with Gasteiger partial charge in [-0.1, -0.05) is 18.2 Å². The van der Waals surface area contributed by atoms with Crippen molar-refractivity contribution in [3.8, 4) is 11.5 Å². The Labute approximate surface area is 129 Å². The van der Waals surface area contributed by atoms with Gasteiger partial charge in [-0.3, -0.25) is 0 Å². The Morgan fingerprint density at radius 1 is 1.00 bits per heavy atom. The Morgan fingerprint density at radius 2 is 1.62 bits per heavy atom. The number of para-hydroxylation sites is 1. The minimum Gasteiger partial charge on any atom is -0.457 e. The molecule has 1 heterocycles. The highest BCUT2D eigenvalue weighted by molar-refractivity contribution is 8.06. The van der Waals surface area contributed by atoms with Crippen LogP contribution in [0.25, 0.3) is 0 Å². The lowest BCUT2D eigenvalue weighted by atomic mass is 10.3. The van der Waals surface area contributed by atoms with Crippen molar-refractivity contribution in [2.75, 3.05) is 11.5 Å². The highest BCUT2D eigenvalue weighted by atomic mass is 32.2. The van der Waals surface area contributed by atoms with Gasteiger partial charge in [0.2, 0.25) is 0 Å². The second-order valence-electron chi connectivity index (χ2n) is 4.95. The van der Waals surface area contributed by atoms with Crippen molar-refractivity contribution in [3.63, 3.8) is 0 Å². The van der Waals surface area contributed by atoms with E-state index in [0.29, 0.717) is 15.9 Å². The first-order chi connectivity index (χ1) is 10.1. The van der Waals surface area contributed by atoms with Gasteiger partial charge in [-0.05, 0) is 42.8 Å². The molecule has 0 aromatic heterocycles. The van der Waals surface area contributed by atoms with Crippen molar-refractivity contribution in [3.05, 3.63) is 54.6 Å². The van der Waals surface area contributed by atoms with Gasteiger partial charge in [0.1, 0.15) is 11.5 Å². The van der Waals surface area contributed by atoms with E-state index in [0.717, 1.165) is 17.9 Å². The minimum absolute atomic E-state index is 0.226. The van der Waals surface area contributed by atoms with E-state index in [4.69, 9.17) is 4.74 Å². The molecular formula is C16H16O3S2. The molecule has 1 atom stereocenters. The maximum absolute atomic E-state index is 12.2. The lowest BCUT2D eigenvalue weighted by Crippen LogP contribution is -2.08. The van der Waals surface area contributed by atoms with E-state index in [1.54, 1.807) is 24.3 Å². The lowest BCUT2D eigenvalue weighted by Gasteiger charge is -2.07. The summed E-state index contributed by atoms with van der Waals surface area (Å²) in [6, 6.07) is 16.1. The van der Waals surface area contributed by atoms with Crippen LogP contribution in [0.5, 0.6) is 11.5 Å². The average Bonchev–Trinajstić information content (AvgIpc) is 3.31. The van der Waals surface area contributed by atoms with Crippen molar-refractivity contribution in [2.45, 2.75) is 16.6 Å². The predicted octanol–water partition coefficient (Wildman–Crippen LogP) is 3.76. The van der Waals surface area contributed by atoms with Crippen LogP contribution >= 0.6 is 11.8 Å². The Kier molecular flexibility index (Phi) is 4.22. The zero-order valence-electron chi connectivity index (χ0n) is 11.4. The van der Waals surface area contributed by atoms with Gasteiger partial charge in [0.25, 0.3) is 0 Å². The Balaban J connectivity index is 1.68. The monoisotopic (exact) mass is 320 g/mol. The first-order valence-electron chi connectivity index (χ1n) is 6.81. The molecule has 2 aromatic carbocycles. The number of ether oxygens (including phenoxy) is 1. The van der Waals surface area contributed by atoms with E-state index in [1.807, 2.05) is 42.1 Å². The minimum atomic E-state index is -3.17. The van der Waals surface area contributed by atoms with Gasteiger partial charge in [-0.15, -0.1) is 0 Å². The standard InChI is InChI=1S/C16H16O3S2/c17-21(18,11-10-15-12-20-15)16-8-6-14(7-9-16)19-13-4-2-1-3-5-13/h1-9,15H,10-12H2. The Bertz CT molecular complexity index is 690. The predicted molar refractivity (Wildman–Crippen MR) is 85.9 cm³/mol. The highest BCUT2D eigenvalue weighted by Gasteiger charge is 2.25. The number of hydrogen-bond donors (Lipinski definition) is 0. The van der Waals surface area contributed by atoms with Gasteiger partial charge in [0, 0.05) is 11.0 Å². The van der Waals surface area contributed by atoms with E-state index < -0.39 is 9.84 Å². The summed E-state index contributed by atoms with van der Waals surface area (Å²) in [5.74, 6) is 2.69.